The van der Waals surface area contributed by atoms with Crippen molar-refractivity contribution in [3.63, 3.8) is 0 Å². The summed E-state index contributed by atoms with van der Waals surface area (Å²) < 4.78 is 13.0. The average molecular weight is 361 g/mol. The van der Waals surface area contributed by atoms with E-state index < -0.39 is 18.6 Å². The number of halogens is 2. The van der Waals surface area contributed by atoms with Gasteiger partial charge in [0.05, 0.1) is 0 Å². The maximum atomic E-state index is 13.0. The first-order valence-corrected chi connectivity index (χ1v) is 8.34. The minimum Gasteiger partial charge on any atom is -0.368 e. The van der Waals surface area contributed by atoms with Gasteiger partial charge in [0.15, 0.2) is 0 Å². The van der Waals surface area contributed by atoms with Crippen LogP contribution in [0, 0.1) is 0 Å². The average Bonchev–Trinajstić information content (AvgIpc) is 2.87. The Balaban J connectivity index is 1.91. The quantitative estimate of drug-likeness (QED) is 0.885. The Kier molecular flexibility index (Phi) is 4.77. The first-order chi connectivity index (χ1) is 11.9. The molecule has 1 heterocycles. The molecule has 2 N–H and O–H groups in total. The number of amides is 2. The fraction of sp³-hybridized carbons (Fsp3) is 0.263. The van der Waals surface area contributed by atoms with Crippen molar-refractivity contribution in [2.75, 3.05) is 6.54 Å². The molecule has 0 saturated heterocycles. The lowest BCUT2D eigenvalue weighted by molar-refractivity contribution is -0.122. The van der Waals surface area contributed by atoms with Gasteiger partial charge < -0.3 is 10.6 Å². The molecule has 2 atom stereocenters. The van der Waals surface area contributed by atoms with E-state index in [0.29, 0.717) is 28.3 Å². The molecule has 3 rings (SSSR count). The topological polar surface area (TPSA) is 63.4 Å². The zero-order valence-electron chi connectivity index (χ0n) is 13.7. The van der Waals surface area contributed by atoms with Crippen LogP contribution in [-0.4, -0.2) is 23.3 Å². The van der Waals surface area contributed by atoms with Gasteiger partial charge in [-0.2, -0.15) is 0 Å². The number of primary amides is 1. The molecule has 4 nitrogen and oxygen atoms in total. The van der Waals surface area contributed by atoms with Crippen LogP contribution in [0.1, 0.15) is 45.9 Å². The molecule has 2 aromatic rings. The third kappa shape index (κ3) is 3.24. The molecule has 0 aromatic heterocycles. The summed E-state index contributed by atoms with van der Waals surface area (Å²) in [5.41, 5.74) is 7.86. The Morgan fingerprint density at radius 3 is 2.56 bits per heavy atom. The van der Waals surface area contributed by atoms with E-state index in [9.17, 15) is 14.0 Å². The molecule has 2 unspecified atom stereocenters. The van der Waals surface area contributed by atoms with Gasteiger partial charge in [-0.1, -0.05) is 36.7 Å². The summed E-state index contributed by atoms with van der Waals surface area (Å²) in [5.74, 6) is -0.894. The molecule has 0 saturated carbocycles. The Bertz CT molecular complexity index is 823. The second-order valence-corrected chi connectivity index (χ2v) is 6.71. The molecule has 0 spiro atoms. The minimum absolute atomic E-state index is 0.0157. The molecule has 0 radical (unpaired) electrons. The lowest BCUT2D eigenvalue weighted by Gasteiger charge is -2.26. The van der Waals surface area contributed by atoms with Gasteiger partial charge in [-0.3, -0.25) is 9.59 Å². The Morgan fingerprint density at radius 2 is 1.96 bits per heavy atom. The van der Waals surface area contributed by atoms with E-state index in [1.807, 2.05) is 19.1 Å². The van der Waals surface area contributed by atoms with E-state index >= 15 is 0 Å². The number of benzene rings is 2. The maximum absolute atomic E-state index is 13.0. The first kappa shape index (κ1) is 17.4. The number of hydrogen-bond donors (Lipinski definition) is 1. The zero-order chi connectivity index (χ0) is 18.1. The van der Waals surface area contributed by atoms with Crippen LogP contribution in [0.5, 0.6) is 0 Å². The monoisotopic (exact) mass is 360 g/mol. The van der Waals surface area contributed by atoms with E-state index in [4.69, 9.17) is 17.3 Å². The SMILES string of the molecule is CC(CN1C(=O)c2ccc(CF)cc2C1C(N)=O)c1ccc(Cl)cc1. The molecule has 0 bridgehead atoms. The van der Waals surface area contributed by atoms with Gasteiger partial charge in [-0.25, -0.2) is 4.39 Å². The third-order valence-corrected chi connectivity index (χ3v) is 4.80. The second kappa shape index (κ2) is 6.84. The Morgan fingerprint density at radius 1 is 1.28 bits per heavy atom. The summed E-state index contributed by atoms with van der Waals surface area (Å²) in [6.45, 7) is 1.63. The second-order valence-electron chi connectivity index (χ2n) is 6.27. The van der Waals surface area contributed by atoms with Crippen molar-refractivity contribution < 1.29 is 14.0 Å². The van der Waals surface area contributed by atoms with Crippen molar-refractivity contribution >= 4 is 23.4 Å². The van der Waals surface area contributed by atoms with Crippen LogP contribution in [0.15, 0.2) is 42.5 Å². The first-order valence-electron chi connectivity index (χ1n) is 7.97. The van der Waals surface area contributed by atoms with Crippen molar-refractivity contribution in [2.45, 2.75) is 25.6 Å². The maximum Gasteiger partial charge on any atom is 0.255 e. The van der Waals surface area contributed by atoms with Gasteiger partial charge >= 0.3 is 0 Å². The summed E-state index contributed by atoms with van der Waals surface area (Å²) in [7, 11) is 0. The predicted octanol–water partition coefficient (Wildman–Crippen LogP) is 3.60. The van der Waals surface area contributed by atoms with E-state index in [-0.39, 0.29) is 11.8 Å². The molecule has 1 aliphatic rings. The van der Waals surface area contributed by atoms with E-state index in [2.05, 4.69) is 0 Å². The van der Waals surface area contributed by atoms with Crippen LogP contribution >= 0.6 is 11.6 Å². The van der Waals surface area contributed by atoms with Crippen LogP contribution in [0.4, 0.5) is 4.39 Å². The van der Waals surface area contributed by atoms with Crippen LogP contribution in [0.25, 0.3) is 0 Å². The molecular weight excluding hydrogens is 343 g/mol. The highest BCUT2D eigenvalue weighted by Crippen LogP contribution is 2.36. The van der Waals surface area contributed by atoms with Crippen LogP contribution in [-0.2, 0) is 11.5 Å². The third-order valence-electron chi connectivity index (χ3n) is 4.55. The summed E-state index contributed by atoms with van der Waals surface area (Å²) in [6, 6.07) is 11.2. The summed E-state index contributed by atoms with van der Waals surface area (Å²) in [5, 5.41) is 0.634. The standard InChI is InChI=1S/C19H18ClFN2O2/c1-11(13-3-5-14(20)6-4-13)10-23-17(18(22)24)16-8-12(9-21)2-7-15(16)19(23)25/h2-8,11,17H,9-10H2,1H3,(H2,22,24). The Labute approximate surface area is 150 Å². The van der Waals surface area contributed by atoms with Crippen LogP contribution in [0.2, 0.25) is 5.02 Å². The minimum atomic E-state index is -0.872. The molecule has 0 fully saturated rings. The number of alkyl halides is 1. The number of carbonyl (C=O) groups excluding carboxylic acids is 2. The molecule has 1 aliphatic heterocycles. The molecule has 6 heteroatoms. The summed E-state index contributed by atoms with van der Waals surface area (Å²) >= 11 is 5.91. The van der Waals surface area contributed by atoms with Gasteiger partial charge in [-0.05, 0) is 46.9 Å². The lowest BCUT2D eigenvalue weighted by atomic mass is 9.99. The molecule has 25 heavy (non-hydrogen) atoms. The zero-order valence-corrected chi connectivity index (χ0v) is 14.5. The van der Waals surface area contributed by atoms with E-state index in [0.717, 1.165) is 5.56 Å². The Hall–Kier alpha value is -2.40. The van der Waals surface area contributed by atoms with Crippen molar-refractivity contribution in [1.82, 2.24) is 4.90 Å². The van der Waals surface area contributed by atoms with Gasteiger partial charge in [0.25, 0.3) is 5.91 Å². The van der Waals surface area contributed by atoms with Crippen LogP contribution < -0.4 is 5.73 Å². The molecule has 130 valence electrons. The number of hydrogen-bond acceptors (Lipinski definition) is 2. The number of rotatable bonds is 5. The predicted molar refractivity (Wildman–Crippen MR) is 94.1 cm³/mol. The van der Waals surface area contributed by atoms with Gasteiger partial charge in [0, 0.05) is 17.1 Å². The molecule has 2 aromatic carbocycles. The molecule has 0 aliphatic carbocycles. The highest BCUT2D eigenvalue weighted by Gasteiger charge is 2.40. The van der Waals surface area contributed by atoms with Gasteiger partial charge in [0.2, 0.25) is 5.91 Å². The van der Waals surface area contributed by atoms with E-state index in [1.54, 1.807) is 30.3 Å². The highest BCUT2D eigenvalue weighted by molar-refractivity contribution is 6.30. The van der Waals surface area contributed by atoms with Crippen molar-refractivity contribution in [3.8, 4) is 0 Å². The van der Waals surface area contributed by atoms with Crippen molar-refractivity contribution in [1.29, 1.82) is 0 Å². The summed E-state index contributed by atoms with van der Waals surface area (Å²) in [6.07, 6.45) is 0. The van der Waals surface area contributed by atoms with Crippen LogP contribution in [0.3, 0.4) is 0 Å². The molecular formula is C19H18ClFN2O2. The largest absolute Gasteiger partial charge is 0.368 e. The smallest absolute Gasteiger partial charge is 0.255 e. The summed E-state index contributed by atoms with van der Waals surface area (Å²) in [4.78, 5) is 26.2. The molecule has 2 amide bonds. The van der Waals surface area contributed by atoms with Gasteiger partial charge in [0.1, 0.15) is 12.7 Å². The van der Waals surface area contributed by atoms with Gasteiger partial charge in [-0.15, -0.1) is 0 Å². The number of nitrogens with two attached hydrogens (primary N) is 1. The lowest BCUT2D eigenvalue weighted by Crippen LogP contribution is -2.38. The highest BCUT2D eigenvalue weighted by atomic mass is 35.5. The van der Waals surface area contributed by atoms with Crippen molar-refractivity contribution in [3.05, 3.63) is 69.7 Å². The fourth-order valence-corrected chi connectivity index (χ4v) is 3.37. The normalized spacial score (nSPS) is 17.5. The number of carbonyl (C=O) groups is 2. The fourth-order valence-electron chi connectivity index (χ4n) is 3.24. The number of nitrogens with zero attached hydrogens (tertiary/aromatic N) is 1. The number of fused-ring (bicyclic) bond motifs is 1. The van der Waals surface area contributed by atoms with Crippen molar-refractivity contribution in [2.24, 2.45) is 5.73 Å². The van der Waals surface area contributed by atoms with E-state index in [1.165, 1.54) is 4.90 Å².